The van der Waals surface area contributed by atoms with Gasteiger partial charge in [-0.15, -0.1) is 0 Å². The molecule has 82 valence electrons. The molecule has 1 aliphatic rings. The molecule has 2 N–H and O–H groups in total. The minimum Gasteiger partial charge on any atom is -0.383 e. The maximum atomic E-state index is 13.0. The Morgan fingerprint density at radius 3 is 2.67 bits per heavy atom. The maximum Gasteiger partial charge on any atom is 0.144 e. The number of piperidine rings is 1. The van der Waals surface area contributed by atoms with Crippen molar-refractivity contribution >= 4 is 0 Å². The summed E-state index contributed by atoms with van der Waals surface area (Å²) in [6, 6.07) is 2.95. The van der Waals surface area contributed by atoms with Crippen molar-refractivity contribution < 1.29 is 9.50 Å². The van der Waals surface area contributed by atoms with Gasteiger partial charge in [-0.3, -0.25) is 4.98 Å². The third-order valence-corrected chi connectivity index (χ3v) is 2.93. The van der Waals surface area contributed by atoms with Crippen LogP contribution in [0.3, 0.4) is 0 Å². The van der Waals surface area contributed by atoms with Crippen LogP contribution in [0, 0.1) is 12.7 Å². The molecular formula is C11H15FN2O. The lowest BCUT2D eigenvalue weighted by Gasteiger charge is -2.32. The molecule has 1 saturated heterocycles. The van der Waals surface area contributed by atoms with E-state index in [0.717, 1.165) is 13.1 Å². The Labute approximate surface area is 88.3 Å². The Kier molecular flexibility index (Phi) is 2.71. The number of rotatable bonds is 1. The molecule has 0 saturated carbocycles. The summed E-state index contributed by atoms with van der Waals surface area (Å²) in [6.07, 6.45) is 1.26. The number of halogens is 1. The molecule has 0 unspecified atom stereocenters. The molecule has 0 radical (unpaired) electrons. The summed E-state index contributed by atoms with van der Waals surface area (Å²) in [5.41, 5.74) is 0.0475. The maximum absolute atomic E-state index is 13.0. The minimum atomic E-state index is -0.885. The van der Waals surface area contributed by atoms with Crippen LogP contribution >= 0.6 is 0 Å². The van der Waals surface area contributed by atoms with Crippen LogP contribution in [0.5, 0.6) is 0 Å². The minimum absolute atomic E-state index is 0.323. The zero-order valence-corrected chi connectivity index (χ0v) is 8.76. The van der Waals surface area contributed by atoms with Crippen molar-refractivity contribution in [1.29, 1.82) is 0 Å². The first-order valence-electron chi connectivity index (χ1n) is 5.18. The van der Waals surface area contributed by atoms with Crippen LogP contribution in [-0.2, 0) is 5.60 Å². The summed E-state index contributed by atoms with van der Waals surface area (Å²) in [4.78, 5) is 4.12. The Bertz CT molecular complexity index is 362. The molecule has 15 heavy (non-hydrogen) atoms. The van der Waals surface area contributed by atoms with Crippen molar-refractivity contribution in [2.45, 2.75) is 25.4 Å². The van der Waals surface area contributed by atoms with E-state index in [0.29, 0.717) is 24.2 Å². The molecule has 0 aliphatic carbocycles. The van der Waals surface area contributed by atoms with Crippen LogP contribution in [0.2, 0.25) is 0 Å². The Hall–Kier alpha value is -1.00. The fraction of sp³-hybridized carbons (Fsp3) is 0.545. The zero-order valence-electron chi connectivity index (χ0n) is 8.76. The second-order valence-corrected chi connectivity index (χ2v) is 4.05. The van der Waals surface area contributed by atoms with E-state index in [1.807, 2.05) is 0 Å². The summed E-state index contributed by atoms with van der Waals surface area (Å²) in [7, 11) is 0. The lowest BCUT2D eigenvalue weighted by atomic mass is 9.88. The standard InChI is InChI=1S/C11H15FN2O/c1-8-9(12)2-3-10(14-8)11(15)4-6-13-7-5-11/h2-3,13,15H,4-7H2,1H3. The van der Waals surface area contributed by atoms with Crippen molar-refractivity contribution in [1.82, 2.24) is 10.3 Å². The summed E-state index contributed by atoms with van der Waals surface area (Å²) < 4.78 is 13.0. The summed E-state index contributed by atoms with van der Waals surface area (Å²) in [5, 5.41) is 13.5. The number of nitrogens with one attached hydrogen (secondary N) is 1. The number of hydrogen-bond acceptors (Lipinski definition) is 3. The van der Waals surface area contributed by atoms with Gasteiger partial charge in [0.2, 0.25) is 0 Å². The molecule has 4 heteroatoms. The monoisotopic (exact) mass is 210 g/mol. The van der Waals surface area contributed by atoms with E-state index in [1.165, 1.54) is 6.07 Å². The summed E-state index contributed by atoms with van der Waals surface area (Å²) in [6.45, 7) is 3.16. The molecule has 0 amide bonds. The third-order valence-electron chi connectivity index (χ3n) is 2.93. The SMILES string of the molecule is Cc1nc(C2(O)CCNCC2)ccc1F. The van der Waals surface area contributed by atoms with E-state index in [4.69, 9.17) is 0 Å². The third kappa shape index (κ3) is 2.01. The second-order valence-electron chi connectivity index (χ2n) is 4.05. The summed E-state index contributed by atoms with van der Waals surface area (Å²) in [5.74, 6) is -0.323. The van der Waals surface area contributed by atoms with Gasteiger partial charge in [0.15, 0.2) is 0 Å². The van der Waals surface area contributed by atoms with Crippen molar-refractivity contribution in [3.8, 4) is 0 Å². The van der Waals surface area contributed by atoms with Crippen molar-refractivity contribution in [3.05, 3.63) is 29.3 Å². The predicted molar refractivity (Wildman–Crippen MR) is 54.9 cm³/mol. The predicted octanol–water partition coefficient (Wildman–Crippen LogP) is 1.10. The molecule has 0 bridgehead atoms. The zero-order chi connectivity index (χ0) is 10.9. The van der Waals surface area contributed by atoms with Crippen LogP contribution in [-0.4, -0.2) is 23.2 Å². The smallest absolute Gasteiger partial charge is 0.144 e. The lowest BCUT2D eigenvalue weighted by Crippen LogP contribution is -2.40. The van der Waals surface area contributed by atoms with Crippen LogP contribution in [0.1, 0.15) is 24.2 Å². The molecule has 1 aromatic heterocycles. The molecular weight excluding hydrogens is 195 g/mol. The van der Waals surface area contributed by atoms with Gasteiger partial charge in [0.25, 0.3) is 0 Å². The molecule has 1 aromatic rings. The molecule has 3 nitrogen and oxygen atoms in total. The first-order valence-corrected chi connectivity index (χ1v) is 5.18. The average Bonchev–Trinajstić information content (AvgIpc) is 2.23. The molecule has 0 aromatic carbocycles. The number of hydrogen-bond donors (Lipinski definition) is 2. The summed E-state index contributed by atoms with van der Waals surface area (Å²) >= 11 is 0. The van der Waals surface area contributed by atoms with Crippen LogP contribution in [0.25, 0.3) is 0 Å². The van der Waals surface area contributed by atoms with Crippen molar-refractivity contribution in [2.24, 2.45) is 0 Å². The molecule has 0 spiro atoms. The number of aryl methyl sites for hydroxylation is 1. The fourth-order valence-electron chi connectivity index (χ4n) is 1.90. The van der Waals surface area contributed by atoms with E-state index in [2.05, 4.69) is 10.3 Å². The largest absolute Gasteiger partial charge is 0.383 e. The average molecular weight is 210 g/mol. The number of aliphatic hydroxyl groups is 1. The van der Waals surface area contributed by atoms with Gasteiger partial charge in [-0.2, -0.15) is 0 Å². The van der Waals surface area contributed by atoms with Gasteiger partial charge >= 0.3 is 0 Å². The van der Waals surface area contributed by atoms with E-state index in [9.17, 15) is 9.50 Å². The molecule has 1 fully saturated rings. The topological polar surface area (TPSA) is 45.2 Å². The highest BCUT2D eigenvalue weighted by Crippen LogP contribution is 2.29. The van der Waals surface area contributed by atoms with Gasteiger partial charge in [-0.1, -0.05) is 0 Å². The van der Waals surface area contributed by atoms with Gasteiger partial charge in [-0.05, 0) is 45.0 Å². The highest BCUT2D eigenvalue weighted by molar-refractivity contribution is 5.18. The van der Waals surface area contributed by atoms with Gasteiger partial charge in [0.05, 0.1) is 11.4 Å². The fourth-order valence-corrected chi connectivity index (χ4v) is 1.90. The Balaban J connectivity index is 2.31. The lowest BCUT2D eigenvalue weighted by molar-refractivity contribution is 0.00165. The van der Waals surface area contributed by atoms with Gasteiger partial charge < -0.3 is 10.4 Å². The first-order chi connectivity index (χ1) is 7.12. The van der Waals surface area contributed by atoms with E-state index in [1.54, 1.807) is 13.0 Å². The van der Waals surface area contributed by atoms with Crippen molar-refractivity contribution in [3.63, 3.8) is 0 Å². The quantitative estimate of drug-likeness (QED) is 0.729. The van der Waals surface area contributed by atoms with Gasteiger partial charge in [-0.25, -0.2) is 4.39 Å². The van der Waals surface area contributed by atoms with Crippen LogP contribution in [0.4, 0.5) is 4.39 Å². The van der Waals surface area contributed by atoms with Crippen LogP contribution < -0.4 is 5.32 Å². The number of pyridine rings is 1. The van der Waals surface area contributed by atoms with E-state index < -0.39 is 5.60 Å². The molecule has 2 heterocycles. The first kappa shape index (κ1) is 10.5. The number of nitrogens with zero attached hydrogens (tertiary/aromatic N) is 1. The molecule has 1 aliphatic heterocycles. The van der Waals surface area contributed by atoms with Gasteiger partial charge in [0.1, 0.15) is 11.4 Å². The van der Waals surface area contributed by atoms with Crippen molar-refractivity contribution in [2.75, 3.05) is 13.1 Å². The van der Waals surface area contributed by atoms with Crippen LogP contribution in [0.15, 0.2) is 12.1 Å². The molecule has 0 atom stereocenters. The normalized spacial score (nSPS) is 20.2. The Morgan fingerprint density at radius 1 is 1.40 bits per heavy atom. The molecule has 2 rings (SSSR count). The highest BCUT2D eigenvalue weighted by atomic mass is 19.1. The highest BCUT2D eigenvalue weighted by Gasteiger charge is 2.32. The van der Waals surface area contributed by atoms with E-state index >= 15 is 0 Å². The number of aromatic nitrogens is 1. The second kappa shape index (κ2) is 3.87. The van der Waals surface area contributed by atoms with E-state index in [-0.39, 0.29) is 5.82 Å². The Morgan fingerprint density at radius 2 is 2.07 bits per heavy atom. The van der Waals surface area contributed by atoms with Gasteiger partial charge in [0, 0.05) is 0 Å².